The highest BCUT2D eigenvalue weighted by atomic mass is 16.5. The number of amides is 1. The Labute approximate surface area is 134 Å². The van der Waals surface area contributed by atoms with Crippen molar-refractivity contribution >= 4 is 11.6 Å². The number of hydrogen-bond acceptors (Lipinski definition) is 3. The van der Waals surface area contributed by atoms with E-state index in [0.717, 1.165) is 22.5 Å². The van der Waals surface area contributed by atoms with Crippen LogP contribution in [-0.4, -0.2) is 21.9 Å². The quantitative estimate of drug-likeness (QED) is 0.788. The molecule has 3 aromatic rings. The molecule has 0 saturated carbocycles. The van der Waals surface area contributed by atoms with Gasteiger partial charge in [0.15, 0.2) is 0 Å². The summed E-state index contributed by atoms with van der Waals surface area (Å²) in [7, 11) is 0. The van der Waals surface area contributed by atoms with Crippen molar-refractivity contribution in [3.8, 4) is 5.75 Å². The summed E-state index contributed by atoms with van der Waals surface area (Å²) in [6, 6.07) is 11.6. The Morgan fingerprint density at radius 3 is 2.96 bits per heavy atom. The molecular formula is C18H19N3O2. The molecule has 5 heteroatoms. The predicted molar refractivity (Wildman–Crippen MR) is 88.7 cm³/mol. The van der Waals surface area contributed by atoms with E-state index >= 15 is 0 Å². The molecule has 3 rings (SSSR count). The Hall–Kier alpha value is -2.82. The molecule has 0 saturated heterocycles. The average molecular weight is 309 g/mol. The molecule has 118 valence electrons. The molecule has 1 aromatic carbocycles. The molecule has 2 heterocycles. The summed E-state index contributed by atoms with van der Waals surface area (Å²) in [6.07, 6.45) is 3.69. The third-order valence-corrected chi connectivity index (χ3v) is 3.49. The van der Waals surface area contributed by atoms with Crippen LogP contribution in [0.4, 0.5) is 0 Å². The number of carbonyl (C=O) groups excluding carboxylic acids is 1. The van der Waals surface area contributed by atoms with Crippen molar-refractivity contribution in [2.24, 2.45) is 0 Å². The second-order valence-electron chi connectivity index (χ2n) is 5.36. The lowest BCUT2D eigenvalue weighted by atomic mass is 10.2. The molecule has 0 aliphatic carbocycles. The van der Waals surface area contributed by atoms with Crippen LogP contribution >= 0.6 is 0 Å². The summed E-state index contributed by atoms with van der Waals surface area (Å²) in [5.41, 5.74) is 3.29. The third kappa shape index (κ3) is 3.51. The van der Waals surface area contributed by atoms with Crippen molar-refractivity contribution in [1.29, 1.82) is 0 Å². The van der Waals surface area contributed by atoms with Gasteiger partial charge in [0.1, 0.15) is 17.1 Å². The number of aromatic nitrogens is 2. The minimum absolute atomic E-state index is 0.187. The van der Waals surface area contributed by atoms with Crippen LogP contribution in [0, 0.1) is 6.92 Å². The minimum Gasteiger partial charge on any atom is -0.494 e. The van der Waals surface area contributed by atoms with Gasteiger partial charge in [-0.2, -0.15) is 0 Å². The summed E-state index contributed by atoms with van der Waals surface area (Å²) in [5.74, 6) is 0.621. The van der Waals surface area contributed by atoms with Gasteiger partial charge in [0, 0.05) is 18.9 Å². The van der Waals surface area contributed by atoms with Gasteiger partial charge in [-0.15, -0.1) is 0 Å². The van der Waals surface area contributed by atoms with Gasteiger partial charge in [0.2, 0.25) is 0 Å². The molecule has 0 unspecified atom stereocenters. The fraction of sp³-hybridized carbons (Fsp3) is 0.222. The summed E-state index contributed by atoms with van der Waals surface area (Å²) >= 11 is 0. The van der Waals surface area contributed by atoms with Crippen LogP contribution in [0.5, 0.6) is 5.75 Å². The molecule has 5 nitrogen and oxygen atoms in total. The zero-order valence-electron chi connectivity index (χ0n) is 13.2. The van der Waals surface area contributed by atoms with Gasteiger partial charge >= 0.3 is 0 Å². The maximum atomic E-state index is 12.3. The van der Waals surface area contributed by atoms with E-state index < -0.39 is 0 Å². The fourth-order valence-corrected chi connectivity index (χ4v) is 2.40. The Morgan fingerprint density at radius 1 is 1.26 bits per heavy atom. The molecule has 1 amide bonds. The SMILES string of the molecule is CCOc1cccc(CNC(=O)c2cn3cc(C)ccc3n2)c1. The summed E-state index contributed by atoms with van der Waals surface area (Å²) < 4.78 is 7.32. The number of nitrogens with one attached hydrogen (secondary N) is 1. The molecule has 1 N–H and O–H groups in total. The normalized spacial score (nSPS) is 10.7. The second kappa shape index (κ2) is 6.52. The Morgan fingerprint density at radius 2 is 2.13 bits per heavy atom. The lowest BCUT2D eigenvalue weighted by molar-refractivity contribution is 0.0946. The van der Waals surface area contributed by atoms with E-state index in [4.69, 9.17) is 4.74 Å². The summed E-state index contributed by atoms with van der Waals surface area (Å²) in [4.78, 5) is 16.6. The minimum atomic E-state index is -0.187. The van der Waals surface area contributed by atoms with E-state index in [0.29, 0.717) is 18.8 Å². The molecule has 0 aliphatic heterocycles. The van der Waals surface area contributed by atoms with Crippen molar-refractivity contribution in [2.75, 3.05) is 6.61 Å². The lowest BCUT2D eigenvalue weighted by Gasteiger charge is -2.06. The highest BCUT2D eigenvalue weighted by molar-refractivity contribution is 5.92. The Bertz CT molecular complexity index is 839. The molecule has 0 aliphatic rings. The Kier molecular flexibility index (Phi) is 4.28. The maximum Gasteiger partial charge on any atom is 0.271 e. The number of hydrogen-bond donors (Lipinski definition) is 1. The molecular weight excluding hydrogens is 290 g/mol. The second-order valence-corrected chi connectivity index (χ2v) is 5.36. The highest BCUT2D eigenvalue weighted by Crippen LogP contribution is 2.13. The first kappa shape index (κ1) is 15.1. The van der Waals surface area contributed by atoms with Gasteiger partial charge in [0.25, 0.3) is 5.91 Å². The van der Waals surface area contributed by atoms with Gasteiger partial charge in [-0.1, -0.05) is 18.2 Å². The van der Waals surface area contributed by atoms with Crippen molar-refractivity contribution in [3.05, 3.63) is 65.6 Å². The van der Waals surface area contributed by atoms with Crippen LogP contribution in [0.2, 0.25) is 0 Å². The number of pyridine rings is 1. The van der Waals surface area contributed by atoms with Crippen molar-refractivity contribution in [3.63, 3.8) is 0 Å². The van der Waals surface area contributed by atoms with Gasteiger partial charge in [0.05, 0.1) is 6.61 Å². The number of imidazole rings is 1. The maximum absolute atomic E-state index is 12.3. The first-order valence-electron chi connectivity index (χ1n) is 7.61. The number of ether oxygens (including phenoxy) is 1. The van der Waals surface area contributed by atoms with E-state index in [9.17, 15) is 4.79 Å². The van der Waals surface area contributed by atoms with Gasteiger partial charge in [-0.25, -0.2) is 4.98 Å². The van der Waals surface area contributed by atoms with Crippen LogP contribution < -0.4 is 10.1 Å². The molecule has 2 aromatic heterocycles. The lowest BCUT2D eigenvalue weighted by Crippen LogP contribution is -2.23. The highest BCUT2D eigenvalue weighted by Gasteiger charge is 2.10. The molecule has 0 bridgehead atoms. The number of carbonyl (C=O) groups is 1. The van der Waals surface area contributed by atoms with Crippen LogP contribution in [0.3, 0.4) is 0 Å². The Balaban J connectivity index is 1.69. The topological polar surface area (TPSA) is 55.6 Å². The molecule has 0 radical (unpaired) electrons. The van der Waals surface area contributed by atoms with Gasteiger partial charge < -0.3 is 14.5 Å². The molecule has 0 fully saturated rings. The first-order chi connectivity index (χ1) is 11.2. The van der Waals surface area contributed by atoms with Crippen molar-refractivity contribution in [2.45, 2.75) is 20.4 Å². The first-order valence-corrected chi connectivity index (χ1v) is 7.61. The predicted octanol–water partition coefficient (Wildman–Crippen LogP) is 2.97. The standard InChI is InChI=1S/C18H19N3O2/c1-3-23-15-6-4-5-14(9-15)10-19-18(22)16-12-21-11-13(2)7-8-17(21)20-16/h4-9,11-12H,3,10H2,1-2H3,(H,19,22). The van der Waals surface area contributed by atoms with Gasteiger partial charge in [-0.05, 0) is 43.2 Å². The fourth-order valence-electron chi connectivity index (χ4n) is 2.40. The van der Waals surface area contributed by atoms with Crippen molar-refractivity contribution < 1.29 is 9.53 Å². The van der Waals surface area contributed by atoms with E-state index in [-0.39, 0.29) is 5.91 Å². The van der Waals surface area contributed by atoms with E-state index in [2.05, 4.69) is 10.3 Å². The third-order valence-electron chi connectivity index (χ3n) is 3.49. The van der Waals surface area contributed by atoms with E-state index in [1.165, 1.54) is 0 Å². The summed E-state index contributed by atoms with van der Waals surface area (Å²) in [6.45, 7) is 5.01. The van der Waals surface area contributed by atoms with E-state index in [1.807, 2.05) is 60.8 Å². The van der Waals surface area contributed by atoms with Crippen LogP contribution in [0.15, 0.2) is 48.8 Å². The molecule has 0 atom stereocenters. The smallest absolute Gasteiger partial charge is 0.271 e. The number of rotatable bonds is 5. The average Bonchev–Trinajstić information content (AvgIpc) is 2.96. The van der Waals surface area contributed by atoms with Crippen LogP contribution in [0.25, 0.3) is 5.65 Å². The number of aryl methyl sites for hydroxylation is 1. The monoisotopic (exact) mass is 309 g/mol. The number of benzene rings is 1. The number of fused-ring (bicyclic) bond motifs is 1. The molecule has 23 heavy (non-hydrogen) atoms. The van der Waals surface area contributed by atoms with Crippen LogP contribution in [-0.2, 0) is 6.54 Å². The zero-order valence-corrected chi connectivity index (χ0v) is 13.2. The summed E-state index contributed by atoms with van der Waals surface area (Å²) in [5, 5.41) is 2.89. The largest absolute Gasteiger partial charge is 0.494 e. The number of nitrogens with zero attached hydrogens (tertiary/aromatic N) is 2. The molecule has 0 spiro atoms. The van der Waals surface area contributed by atoms with Crippen LogP contribution in [0.1, 0.15) is 28.5 Å². The van der Waals surface area contributed by atoms with Crippen molar-refractivity contribution in [1.82, 2.24) is 14.7 Å². The van der Waals surface area contributed by atoms with E-state index in [1.54, 1.807) is 6.20 Å². The van der Waals surface area contributed by atoms with Gasteiger partial charge in [-0.3, -0.25) is 4.79 Å². The zero-order chi connectivity index (χ0) is 16.2.